The van der Waals surface area contributed by atoms with Gasteiger partial charge in [0.15, 0.2) is 0 Å². The van der Waals surface area contributed by atoms with Crippen molar-refractivity contribution in [3.05, 3.63) is 98.4 Å². The van der Waals surface area contributed by atoms with Crippen LogP contribution in [0.1, 0.15) is 0 Å². The van der Waals surface area contributed by atoms with E-state index >= 15 is 0 Å². The molecule has 0 aromatic heterocycles. The molecule has 0 bridgehead atoms. The number of nitro groups is 3. The van der Waals surface area contributed by atoms with Crippen LogP contribution in [0.25, 0.3) is 0 Å². The SMILES string of the molecule is O=[N+]([O-])c1cc([As](c2ccc(Br)c([N+](=O)[O-])c2)c2ccc(Br)c([N+](=O)[O-])c2)ccc1Br. The zero-order valence-corrected chi connectivity index (χ0v) is 21.7. The van der Waals surface area contributed by atoms with Crippen LogP contribution < -0.4 is 13.1 Å². The van der Waals surface area contributed by atoms with Gasteiger partial charge in [-0.25, -0.2) is 0 Å². The normalized spacial score (nSPS) is 10.8. The Morgan fingerprint density at radius 3 is 1.03 bits per heavy atom. The number of rotatable bonds is 6. The van der Waals surface area contributed by atoms with Gasteiger partial charge in [0.05, 0.1) is 0 Å². The molecule has 158 valence electrons. The van der Waals surface area contributed by atoms with E-state index in [0.717, 1.165) is 0 Å². The summed E-state index contributed by atoms with van der Waals surface area (Å²) in [5, 5.41) is 34.3. The van der Waals surface area contributed by atoms with Crippen LogP contribution in [0.4, 0.5) is 17.1 Å². The van der Waals surface area contributed by atoms with Crippen molar-refractivity contribution in [3.63, 3.8) is 0 Å². The van der Waals surface area contributed by atoms with Crippen LogP contribution in [0, 0.1) is 30.3 Å². The Kier molecular flexibility index (Phi) is 7.25. The van der Waals surface area contributed by atoms with E-state index in [9.17, 15) is 30.3 Å². The molecule has 0 aliphatic rings. The Hall–Kier alpha value is -2.14. The van der Waals surface area contributed by atoms with Crippen LogP contribution in [-0.4, -0.2) is 29.4 Å². The Morgan fingerprint density at radius 1 is 0.548 bits per heavy atom. The molecule has 0 spiro atoms. The minimum absolute atomic E-state index is 0.157. The molecule has 0 atom stereocenters. The van der Waals surface area contributed by atoms with Gasteiger partial charge in [-0.05, 0) is 0 Å². The average molecular weight is 678 g/mol. The standard InChI is InChI=1S/C18H9AsBr3N3O6/c20-13-4-1-10(7-16(13)23(26)27)19(11-2-5-14(21)17(8-11)24(28)29)12-3-6-15(22)18(9-12)25(30)31/h1-9H. The Morgan fingerprint density at radius 2 is 0.806 bits per heavy atom. The van der Waals surface area contributed by atoms with Crippen LogP contribution in [0.3, 0.4) is 0 Å². The van der Waals surface area contributed by atoms with Crippen molar-refractivity contribution in [2.75, 3.05) is 0 Å². The third-order valence-electron chi connectivity index (χ3n) is 4.15. The van der Waals surface area contributed by atoms with Gasteiger partial charge in [-0.1, -0.05) is 0 Å². The van der Waals surface area contributed by atoms with E-state index in [1.54, 1.807) is 18.2 Å². The molecule has 3 aromatic rings. The summed E-state index contributed by atoms with van der Waals surface area (Å²) < 4.78 is 2.65. The quantitative estimate of drug-likeness (QED) is 0.218. The van der Waals surface area contributed by atoms with Crippen molar-refractivity contribution >= 4 is 92.6 Å². The number of nitrogens with zero attached hydrogens (tertiary/aromatic N) is 3. The molecule has 0 N–H and O–H groups in total. The molecule has 3 aromatic carbocycles. The first-order chi connectivity index (χ1) is 14.6. The van der Waals surface area contributed by atoms with Crippen LogP contribution in [-0.2, 0) is 0 Å². The number of nitro benzene ring substituents is 3. The van der Waals surface area contributed by atoms with Gasteiger partial charge in [-0.3, -0.25) is 0 Å². The van der Waals surface area contributed by atoms with E-state index in [4.69, 9.17) is 0 Å². The molecule has 31 heavy (non-hydrogen) atoms. The van der Waals surface area contributed by atoms with E-state index in [1.807, 2.05) is 0 Å². The van der Waals surface area contributed by atoms with E-state index in [0.29, 0.717) is 26.5 Å². The minimum atomic E-state index is -2.65. The number of halogens is 3. The molecule has 0 saturated heterocycles. The molecule has 0 aliphatic heterocycles. The third kappa shape index (κ3) is 5.03. The summed E-state index contributed by atoms with van der Waals surface area (Å²) in [6.07, 6.45) is 0. The van der Waals surface area contributed by atoms with Crippen molar-refractivity contribution < 1.29 is 14.8 Å². The zero-order valence-electron chi connectivity index (χ0n) is 15.1. The van der Waals surface area contributed by atoms with Crippen molar-refractivity contribution in [2.45, 2.75) is 0 Å². The van der Waals surface area contributed by atoms with Crippen molar-refractivity contribution in [1.29, 1.82) is 0 Å². The predicted octanol–water partition coefficient (Wildman–Crippen LogP) is 4.21. The van der Waals surface area contributed by atoms with Gasteiger partial charge in [-0.2, -0.15) is 0 Å². The van der Waals surface area contributed by atoms with Crippen LogP contribution >= 0.6 is 47.8 Å². The Bertz CT molecular complexity index is 1090. The molecule has 0 amide bonds. The fraction of sp³-hybridized carbons (Fsp3) is 0. The second kappa shape index (κ2) is 9.56. The molecule has 0 radical (unpaired) electrons. The summed E-state index contributed by atoms with van der Waals surface area (Å²) >= 11 is 6.82. The number of benzene rings is 3. The molecule has 0 unspecified atom stereocenters. The topological polar surface area (TPSA) is 129 Å². The fourth-order valence-electron chi connectivity index (χ4n) is 2.79. The molecule has 0 saturated carbocycles. The molecular weight excluding hydrogens is 669 g/mol. The van der Waals surface area contributed by atoms with E-state index in [-0.39, 0.29) is 17.1 Å². The second-order valence-corrected chi connectivity index (χ2v) is 13.2. The summed E-state index contributed by atoms with van der Waals surface area (Å²) in [6, 6.07) is 13.9. The molecule has 0 heterocycles. The van der Waals surface area contributed by atoms with Gasteiger partial charge in [-0.15, -0.1) is 0 Å². The van der Waals surface area contributed by atoms with Gasteiger partial charge < -0.3 is 0 Å². The number of hydrogen-bond acceptors (Lipinski definition) is 6. The van der Waals surface area contributed by atoms with Crippen LogP contribution in [0.5, 0.6) is 0 Å². The maximum atomic E-state index is 11.4. The summed E-state index contributed by atoms with van der Waals surface area (Å²) in [5.41, 5.74) is -0.472. The summed E-state index contributed by atoms with van der Waals surface area (Å²) in [7, 11) is 0. The first-order valence-electron chi connectivity index (χ1n) is 8.22. The fourth-order valence-corrected chi connectivity index (χ4v) is 8.83. The first-order valence-corrected chi connectivity index (χ1v) is 13.4. The Balaban J connectivity index is 2.31. The third-order valence-corrected chi connectivity index (χ3v) is 11.2. The van der Waals surface area contributed by atoms with Gasteiger partial charge in [0.25, 0.3) is 0 Å². The molecule has 9 nitrogen and oxygen atoms in total. The van der Waals surface area contributed by atoms with Gasteiger partial charge in [0, 0.05) is 0 Å². The molecular formula is C18H9AsBr3N3O6. The summed E-state index contributed by atoms with van der Waals surface area (Å²) in [5.74, 6) is 0. The van der Waals surface area contributed by atoms with Crippen molar-refractivity contribution in [3.8, 4) is 0 Å². The zero-order chi connectivity index (χ0) is 22.9. The van der Waals surface area contributed by atoms with Gasteiger partial charge in [0.2, 0.25) is 0 Å². The molecule has 0 aliphatic carbocycles. The van der Waals surface area contributed by atoms with Crippen LogP contribution in [0.15, 0.2) is 68.0 Å². The maximum absolute atomic E-state index is 11.4. The molecule has 3 rings (SSSR count). The van der Waals surface area contributed by atoms with Gasteiger partial charge in [0.1, 0.15) is 0 Å². The van der Waals surface area contributed by atoms with Crippen molar-refractivity contribution in [2.24, 2.45) is 0 Å². The van der Waals surface area contributed by atoms with Crippen molar-refractivity contribution in [1.82, 2.24) is 0 Å². The van der Waals surface area contributed by atoms with E-state index in [2.05, 4.69) is 47.8 Å². The Labute approximate surface area is 204 Å². The second-order valence-electron chi connectivity index (χ2n) is 6.01. The van der Waals surface area contributed by atoms with E-state index < -0.39 is 29.4 Å². The van der Waals surface area contributed by atoms with E-state index in [1.165, 1.54) is 36.4 Å². The number of hydrogen-bond donors (Lipinski definition) is 0. The molecule has 0 fully saturated rings. The summed E-state index contributed by atoms with van der Waals surface area (Å²) in [6.45, 7) is 0. The summed E-state index contributed by atoms with van der Waals surface area (Å²) in [4.78, 5) is 32.7. The average Bonchev–Trinajstić information content (AvgIpc) is 2.71. The van der Waals surface area contributed by atoms with Gasteiger partial charge >= 0.3 is 206 Å². The molecule has 13 heteroatoms. The van der Waals surface area contributed by atoms with Crippen LogP contribution in [0.2, 0.25) is 0 Å². The predicted molar refractivity (Wildman–Crippen MR) is 127 cm³/mol. The first kappa shape index (κ1) is 23.5. The monoisotopic (exact) mass is 675 g/mol.